The van der Waals surface area contributed by atoms with Crippen LogP contribution in [-0.2, 0) is 0 Å². The van der Waals surface area contributed by atoms with Crippen LogP contribution in [0.4, 0.5) is 0 Å². The van der Waals surface area contributed by atoms with E-state index in [4.69, 9.17) is 11.6 Å². The highest BCUT2D eigenvalue weighted by Crippen LogP contribution is 2.20. The van der Waals surface area contributed by atoms with Gasteiger partial charge in [0.1, 0.15) is 0 Å². The van der Waals surface area contributed by atoms with Crippen molar-refractivity contribution < 1.29 is 0 Å². The second-order valence-corrected chi connectivity index (χ2v) is 3.68. The third kappa shape index (κ3) is 4.47. The van der Waals surface area contributed by atoms with E-state index in [1.807, 2.05) is 0 Å². The van der Waals surface area contributed by atoms with E-state index in [2.05, 4.69) is 33.8 Å². The highest BCUT2D eigenvalue weighted by molar-refractivity contribution is 6.29. The quantitative estimate of drug-likeness (QED) is 0.599. The van der Waals surface area contributed by atoms with Crippen LogP contribution in [0.25, 0.3) is 0 Å². The van der Waals surface area contributed by atoms with Gasteiger partial charge in [-0.25, -0.2) is 0 Å². The maximum atomic E-state index is 6.07. The van der Waals surface area contributed by atoms with Crippen molar-refractivity contribution in [3.63, 3.8) is 0 Å². The van der Waals surface area contributed by atoms with Gasteiger partial charge in [-0.3, -0.25) is 0 Å². The highest BCUT2D eigenvalue weighted by Gasteiger charge is 2.04. The predicted molar refractivity (Wildman–Crippen MR) is 52.8 cm³/mol. The van der Waals surface area contributed by atoms with Gasteiger partial charge in [-0.1, -0.05) is 51.8 Å². The molecule has 0 saturated heterocycles. The highest BCUT2D eigenvalue weighted by atomic mass is 35.5. The molecular formula is C10H19Cl. The SMILES string of the molecule is CC[C@@H](C)/C=C(/Cl)[C@@H](C)CC. The van der Waals surface area contributed by atoms with Gasteiger partial charge < -0.3 is 0 Å². The summed E-state index contributed by atoms with van der Waals surface area (Å²) < 4.78 is 0. The zero-order valence-electron chi connectivity index (χ0n) is 8.02. The van der Waals surface area contributed by atoms with Gasteiger partial charge in [0.05, 0.1) is 0 Å². The maximum Gasteiger partial charge on any atom is 0.0171 e. The first kappa shape index (κ1) is 11.0. The number of allylic oxidation sites excluding steroid dienone is 2. The van der Waals surface area contributed by atoms with Gasteiger partial charge in [0, 0.05) is 5.03 Å². The first-order chi connectivity index (χ1) is 5.11. The van der Waals surface area contributed by atoms with Crippen LogP contribution in [-0.4, -0.2) is 0 Å². The average Bonchev–Trinajstić information content (AvgIpc) is 2.02. The van der Waals surface area contributed by atoms with Crippen molar-refractivity contribution in [3.8, 4) is 0 Å². The van der Waals surface area contributed by atoms with E-state index in [0.29, 0.717) is 11.8 Å². The van der Waals surface area contributed by atoms with Crippen LogP contribution in [0.1, 0.15) is 40.5 Å². The molecule has 0 nitrogen and oxygen atoms in total. The number of rotatable bonds is 4. The summed E-state index contributed by atoms with van der Waals surface area (Å²) in [6, 6.07) is 0. The minimum absolute atomic E-state index is 0.533. The molecule has 66 valence electrons. The number of hydrogen-bond acceptors (Lipinski definition) is 0. The standard InChI is InChI=1S/C10H19Cl/c1-5-8(3)7-10(11)9(4)6-2/h7-9H,5-6H2,1-4H3/b10-7+/t8-,9+/m1/s1. The maximum absolute atomic E-state index is 6.07. The van der Waals surface area contributed by atoms with E-state index >= 15 is 0 Å². The lowest BCUT2D eigenvalue weighted by molar-refractivity contribution is 0.649. The van der Waals surface area contributed by atoms with Gasteiger partial charge in [-0.05, 0) is 18.3 Å². The fourth-order valence-corrected chi connectivity index (χ4v) is 1.12. The Hall–Kier alpha value is 0.0300. The van der Waals surface area contributed by atoms with Crippen molar-refractivity contribution in [2.45, 2.75) is 40.5 Å². The van der Waals surface area contributed by atoms with Gasteiger partial charge in [0.2, 0.25) is 0 Å². The van der Waals surface area contributed by atoms with E-state index < -0.39 is 0 Å². The summed E-state index contributed by atoms with van der Waals surface area (Å²) >= 11 is 6.07. The van der Waals surface area contributed by atoms with Gasteiger partial charge in [-0.15, -0.1) is 0 Å². The normalized spacial score (nSPS) is 18.1. The second-order valence-electron chi connectivity index (χ2n) is 3.25. The van der Waals surface area contributed by atoms with E-state index in [1.165, 1.54) is 6.42 Å². The summed E-state index contributed by atoms with van der Waals surface area (Å²) in [6.07, 6.45) is 4.48. The smallest absolute Gasteiger partial charge is 0.0171 e. The molecular weight excluding hydrogens is 156 g/mol. The monoisotopic (exact) mass is 174 g/mol. The molecule has 0 N–H and O–H groups in total. The Kier molecular flexibility index (Phi) is 5.67. The zero-order chi connectivity index (χ0) is 8.85. The topological polar surface area (TPSA) is 0 Å². The molecule has 0 aromatic carbocycles. The first-order valence-corrected chi connectivity index (χ1v) is 4.86. The van der Waals surface area contributed by atoms with E-state index in [0.717, 1.165) is 11.5 Å². The fourth-order valence-electron chi connectivity index (χ4n) is 0.749. The summed E-state index contributed by atoms with van der Waals surface area (Å²) in [4.78, 5) is 0. The average molecular weight is 175 g/mol. The van der Waals surface area contributed by atoms with Crippen LogP contribution in [0.2, 0.25) is 0 Å². The van der Waals surface area contributed by atoms with Gasteiger partial charge >= 0.3 is 0 Å². The molecule has 0 aliphatic heterocycles. The molecule has 0 amide bonds. The Morgan fingerprint density at radius 1 is 1.27 bits per heavy atom. The van der Waals surface area contributed by atoms with Crippen molar-refractivity contribution >= 4 is 11.6 Å². The molecule has 0 bridgehead atoms. The second kappa shape index (κ2) is 5.65. The van der Waals surface area contributed by atoms with Crippen LogP contribution in [0.15, 0.2) is 11.1 Å². The summed E-state index contributed by atoms with van der Waals surface area (Å²) in [7, 11) is 0. The Morgan fingerprint density at radius 2 is 1.82 bits per heavy atom. The molecule has 0 radical (unpaired) electrons. The lowest BCUT2D eigenvalue weighted by Crippen LogP contribution is -1.95. The van der Waals surface area contributed by atoms with Crippen molar-refractivity contribution in [2.75, 3.05) is 0 Å². The van der Waals surface area contributed by atoms with Crippen molar-refractivity contribution in [3.05, 3.63) is 11.1 Å². The number of halogens is 1. The first-order valence-electron chi connectivity index (χ1n) is 4.49. The van der Waals surface area contributed by atoms with Crippen molar-refractivity contribution in [2.24, 2.45) is 11.8 Å². The molecule has 0 spiro atoms. The van der Waals surface area contributed by atoms with E-state index in [-0.39, 0.29) is 0 Å². The van der Waals surface area contributed by atoms with Crippen LogP contribution in [0.5, 0.6) is 0 Å². The molecule has 0 unspecified atom stereocenters. The van der Waals surface area contributed by atoms with Crippen LogP contribution < -0.4 is 0 Å². The summed E-state index contributed by atoms with van der Waals surface area (Å²) in [5, 5.41) is 1.03. The van der Waals surface area contributed by atoms with Crippen molar-refractivity contribution in [1.29, 1.82) is 0 Å². The number of hydrogen-bond donors (Lipinski definition) is 0. The predicted octanol–water partition coefficient (Wildman–Crippen LogP) is 4.20. The molecule has 2 atom stereocenters. The van der Waals surface area contributed by atoms with Crippen LogP contribution >= 0.6 is 11.6 Å². The largest absolute Gasteiger partial charge is 0.0892 e. The summed E-state index contributed by atoms with van der Waals surface area (Å²) in [5.41, 5.74) is 0. The lowest BCUT2D eigenvalue weighted by Gasteiger charge is -2.09. The molecule has 0 aliphatic carbocycles. The summed E-state index contributed by atoms with van der Waals surface area (Å²) in [5.74, 6) is 1.15. The van der Waals surface area contributed by atoms with Crippen LogP contribution in [0.3, 0.4) is 0 Å². The van der Waals surface area contributed by atoms with Crippen molar-refractivity contribution in [1.82, 2.24) is 0 Å². The Balaban J connectivity index is 3.98. The molecule has 11 heavy (non-hydrogen) atoms. The molecule has 0 aromatic rings. The third-order valence-electron chi connectivity index (χ3n) is 2.17. The van der Waals surface area contributed by atoms with Crippen LogP contribution in [0, 0.1) is 11.8 Å². The molecule has 0 aromatic heterocycles. The Bertz CT molecular complexity index is 127. The van der Waals surface area contributed by atoms with Gasteiger partial charge in [0.15, 0.2) is 0 Å². The fraction of sp³-hybridized carbons (Fsp3) is 0.800. The Morgan fingerprint density at radius 3 is 2.18 bits per heavy atom. The molecule has 0 saturated carbocycles. The molecule has 0 rings (SSSR count). The minimum atomic E-state index is 0.533. The molecule has 1 heteroatoms. The molecule has 0 aliphatic rings. The molecule has 0 heterocycles. The van der Waals surface area contributed by atoms with Gasteiger partial charge in [-0.2, -0.15) is 0 Å². The van der Waals surface area contributed by atoms with E-state index in [1.54, 1.807) is 0 Å². The molecule has 0 fully saturated rings. The summed E-state index contributed by atoms with van der Waals surface area (Å²) in [6.45, 7) is 8.71. The Labute approximate surface area is 75.6 Å². The van der Waals surface area contributed by atoms with E-state index in [9.17, 15) is 0 Å². The minimum Gasteiger partial charge on any atom is -0.0892 e. The third-order valence-corrected chi connectivity index (χ3v) is 2.67. The lowest BCUT2D eigenvalue weighted by atomic mass is 10.0. The zero-order valence-corrected chi connectivity index (χ0v) is 8.78. The van der Waals surface area contributed by atoms with Gasteiger partial charge in [0.25, 0.3) is 0 Å².